The van der Waals surface area contributed by atoms with E-state index in [1.165, 1.54) is 6.92 Å². The first-order chi connectivity index (χ1) is 9.38. The first-order valence-corrected chi connectivity index (χ1v) is 7.71. The van der Waals surface area contributed by atoms with Crippen molar-refractivity contribution in [3.63, 3.8) is 0 Å². The zero-order valence-electron chi connectivity index (χ0n) is 11.8. The summed E-state index contributed by atoms with van der Waals surface area (Å²) in [6.45, 7) is 4.94. The maximum absolute atomic E-state index is 12.2. The van der Waals surface area contributed by atoms with Crippen LogP contribution in [0.4, 0.5) is 0 Å². The Morgan fingerprint density at radius 1 is 1.30 bits per heavy atom. The van der Waals surface area contributed by atoms with Gasteiger partial charge in [-0.2, -0.15) is 0 Å². The number of hydrogen-bond acceptors (Lipinski definition) is 3. The third-order valence-corrected chi connectivity index (χ3v) is 4.51. The van der Waals surface area contributed by atoms with E-state index >= 15 is 0 Å². The fourth-order valence-electron chi connectivity index (χ4n) is 1.63. The average molecular weight is 297 g/mol. The Hall–Kier alpha value is -1.69. The van der Waals surface area contributed by atoms with Crippen LogP contribution in [0.3, 0.4) is 0 Å². The van der Waals surface area contributed by atoms with Crippen molar-refractivity contribution in [1.82, 2.24) is 5.32 Å². The number of amides is 1. The molecule has 0 saturated heterocycles. The number of carbonyl (C=O) groups excluding carboxylic acids is 1. The van der Waals surface area contributed by atoms with Gasteiger partial charge < -0.3 is 10.4 Å². The lowest BCUT2D eigenvalue weighted by Gasteiger charge is -2.18. The van der Waals surface area contributed by atoms with Gasteiger partial charge in [-0.3, -0.25) is 13.8 Å². The molecule has 0 aliphatic rings. The minimum Gasteiger partial charge on any atom is -0.481 e. The number of carboxylic acid groups (broad SMARTS) is 1. The molecule has 0 heterocycles. The lowest BCUT2D eigenvalue weighted by atomic mass is 10.0. The molecule has 2 N–H and O–H groups in total. The third kappa shape index (κ3) is 3.90. The topological polar surface area (TPSA) is 83.5 Å². The standard InChI is InChI=1S/C14H19NO4S/c1-4-20(19)12-8-6-5-7-11(12)13(16)15-10(3)9(2)14(17)18/h5-10H,4H2,1-3H3,(H,15,16)(H,17,18). The van der Waals surface area contributed by atoms with Crippen molar-refractivity contribution < 1.29 is 18.9 Å². The molecular formula is C14H19NO4S. The lowest BCUT2D eigenvalue weighted by Crippen LogP contribution is -2.40. The van der Waals surface area contributed by atoms with Gasteiger partial charge in [-0.1, -0.05) is 19.1 Å². The predicted octanol–water partition coefficient (Wildman–Crippen LogP) is 1.65. The van der Waals surface area contributed by atoms with Crippen LogP contribution in [0.15, 0.2) is 29.2 Å². The minimum absolute atomic E-state index is 0.331. The van der Waals surface area contributed by atoms with Crippen molar-refractivity contribution >= 4 is 22.7 Å². The Balaban J connectivity index is 2.93. The van der Waals surface area contributed by atoms with Gasteiger partial charge in [0, 0.05) is 11.8 Å². The van der Waals surface area contributed by atoms with Crippen molar-refractivity contribution in [3.8, 4) is 0 Å². The van der Waals surface area contributed by atoms with Crippen LogP contribution in [0.2, 0.25) is 0 Å². The van der Waals surface area contributed by atoms with Gasteiger partial charge >= 0.3 is 5.97 Å². The monoisotopic (exact) mass is 297 g/mol. The molecule has 1 rings (SSSR count). The summed E-state index contributed by atoms with van der Waals surface area (Å²) < 4.78 is 11.9. The summed E-state index contributed by atoms with van der Waals surface area (Å²) >= 11 is 0. The Morgan fingerprint density at radius 2 is 1.90 bits per heavy atom. The van der Waals surface area contributed by atoms with Gasteiger partial charge in [0.1, 0.15) is 0 Å². The molecule has 3 unspecified atom stereocenters. The van der Waals surface area contributed by atoms with Gasteiger partial charge in [0.15, 0.2) is 0 Å². The molecule has 110 valence electrons. The van der Waals surface area contributed by atoms with Gasteiger partial charge in [-0.15, -0.1) is 0 Å². The van der Waals surface area contributed by atoms with E-state index in [-0.39, 0.29) is 0 Å². The predicted molar refractivity (Wildman–Crippen MR) is 77.1 cm³/mol. The number of rotatable bonds is 6. The van der Waals surface area contributed by atoms with Crippen molar-refractivity contribution in [2.75, 3.05) is 5.75 Å². The van der Waals surface area contributed by atoms with E-state index in [9.17, 15) is 13.8 Å². The van der Waals surface area contributed by atoms with Crippen LogP contribution in [0.5, 0.6) is 0 Å². The first-order valence-electron chi connectivity index (χ1n) is 6.39. The zero-order chi connectivity index (χ0) is 15.3. The van der Waals surface area contributed by atoms with Gasteiger partial charge in [0.05, 0.1) is 27.2 Å². The highest BCUT2D eigenvalue weighted by atomic mass is 32.2. The molecule has 0 bridgehead atoms. The lowest BCUT2D eigenvalue weighted by molar-refractivity contribution is -0.141. The summed E-state index contributed by atoms with van der Waals surface area (Å²) in [5.41, 5.74) is 0.331. The molecule has 3 atom stereocenters. The molecular weight excluding hydrogens is 278 g/mol. The summed E-state index contributed by atoms with van der Waals surface area (Å²) in [4.78, 5) is 23.5. The largest absolute Gasteiger partial charge is 0.481 e. The van der Waals surface area contributed by atoms with Crippen molar-refractivity contribution in [1.29, 1.82) is 0 Å². The summed E-state index contributed by atoms with van der Waals surface area (Å²) in [7, 11) is -1.23. The minimum atomic E-state index is -1.23. The number of benzene rings is 1. The van der Waals surface area contributed by atoms with E-state index in [1.807, 2.05) is 0 Å². The van der Waals surface area contributed by atoms with E-state index in [1.54, 1.807) is 38.1 Å². The number of hydrogen-bond donors (Lipinski definition) is 2. The highest BCUT2D eigenvalue weighted by Gasteiger charge is 2.23. The Bertz CT molecular complexity index is 530. The molecule has 6 heteroatoms. The van der Waals surface area contributed by atoms with Gasteiger partial charge in [-0.25, -0.2) is 0 Å². The summed E-state index contributed by atoms with van der Waals surface area (Å²) in [6, 6.07) is 6.15. The molecule has 0 radical (unpaired) electrons. The van der Waals surface area contributed by atoms with Crippen LogP contribution in [0.1, 0.15) is 31.1 Å². The second kappa shape index (κ2) is 7.19. The van der Waals surface area contributed by atoms with E-state index in [0.29, 0.717) is 16.2 Å². The van der Waals surface area contributed by atoms with Crippen LogP contribution < -0.4 is 5.32 Å². The second-order valence-corrected chi connectivity index (χ2v) is 6.23. The van der Waals surface area contributed by atoms with E-state index < -0.39 is 34.6 Å². The van der Waals surface area contributed by atoms with Crippen LogP contribution in [-0.2, 0) is 15.6 Å². The molecule has 1 aromatic rings. The third-order valence-electron chi connectivity index (χ3n) is 3.14. The Kier molecular flexibility index (Phi) is 5.88. The maximum atomic E-state index is 12.2. The molecule has 20 heavy (non-hydrogen) atoms. The molecule has 0 aromatic heterocycles. The van der Waals surface area contributed by atoms with Crippen molar-refractivity contribution in [2.24, 2.45) is 5.92 Å². The molecule has 5 nitrogen and oxygen atoms in total. The normalized spacial score (nSPS) is 15.2. The van der Waals surface area contributed by atoms with E-state index in [0.717, 1.165) is 0 Å². The van der Waals surface area contributed by atoms with Crippen molar-refractivity contribution in [3.05, 3.63) is 29.8 Å². The van der Waals surface area contributed by atoms with Gasteiger partial charge in [0.25, 0.3) is 5.91 Å². The smallest absolute Gasteiger partial charge is 0.308 e. The SMILES string of the molecule is CCS(=O)c1ccccc1C(=O)NC(C)C(C)C(=O)O. The van der Waals surface area contributed by atoms with Gasteiger partial charge in [0.2, 0.25) is 0 Å². The fourth-order valence-corrected chi connectivity index (χ4v) is 2.58. The molecule has 0 fully saturated rings. The van der Waals surface area contributed by atoms with Crippen LogP contribution in [0.25, 0.3) is 0 Å². The fraction of sp³-hybridized carbons (Fsp3) is 0.429. The molecule has 0 aliphatic carbocycles. The summed E-state index contributed by atoms with van der Waals surface area (Å²) in [5.74, 6) is -1.64. The average Bonchev–Trinajstić information content (AvgIpc) is 2.45. The molecule has 1 aromatic carbocycles. The van der Waals surface area contributed by atoms with Gasteiger partial charge in [-0.05, 0) is 26.0 Å². The maximum Gasteiger partial charge on any atom is 0.308 e. The summed E-state index contributed by atoms with van der Waals surface area (Å²) in [5, 5.41) is 11.6. The second-order valence-electron chi connectivity index (χ2n) is 4.52. The summed E-state index contributed by atoms with van der Waals surface area (Å²) in [6.07, 6.45) is 0. The van der Waals surface area contributed by atoms with E-state index in [4.69, 9.17) is 5.11 Å². The number of aliphatic carboxylic acids is 1. The van der Waals surface area contributed by atoms with Crippen molar-refractivity contribution in [2.45, 2.75) is 31.7 Å². The Labute approximate surface area is 120 Å². The zero-order valence-corrected chi connectivity index (χ0v) is 12.6. The van der Waals surface area contributed by atoms with E-state index in [2.05, 4.69) is 5.32 Å². The van der Waals surface area contributed by atoms with Crippen LogP contribution in [-0.4, -0.2) is 33.0 Å². The number of carbonyl (C=O) groups is 2. The highest BCUT2D eigenvalue weighted by Crippen LogP contribution is 2.14. The quantitative estimate of drug-likeness (QED) is 0.836. The first kappa shape index (κ1) is 16.4. The highest BCUT2D eigenvalue weighted by molar-refractivity contribution is 7.85. The van der Waals surface area contributed by atoms with Crippen LogP contribution in [0, 0.1) is 5.92 Å². The number of carboxylic acids is 1. The molecule has 0 spiro atoms. The molecule has 1 amide bonds. The molecule has 0 saturated carbocycles. The molecule has 0 aliphatic heterocycles. The Morgan fingerprint density at radius 3 is 2.45 bits per heavy atom. The number of nitrogens with one attached hydrogen (secondary N) is 1. The van der Waals surface area contributed by atoms with Crippen LogP contribution >= 0.6 is 0 Å².